The first-order chi connectivity index (χ1) is 8.19. The fourth-order valence-electron chi connectivity index (χ4n) is 2.16. The lowest BCUT2D eigenvalue weighted by Gasteiger charge is -2.19. The molecule has 0 spiro atoms. The summed E-state index contributed by atoms with van der Waals surface area (Å²) < 4.78 is 0. The summed E-state index contributed by atoms with van der Waals surface area (Å²) in [5.41, 5.74) is 4.31. The molecule has 0 heterocycles. The van der Waals surface area contributed by atoms with Crippen molar-refractivity contribution in [1.82, 2.24) is 0 Å². The second-order valence-corrected chi connectivity index (χ2v) is 5.11. The number of rotatable bonds is 7. The van der Waals surface area contributed by atoms with Gasteiger partial charge in [-0.1, -0.05) is 32.8 Å². The molecule has 0 aliphatic heterocycles. The van der Waals surface area contributed by atoms with Gasteiger partial charge in [-0.2, -0.15) is 0 Å². The predicted octanol–water partition coefficient (Wildman–Crippen LogP) is 3.42. The zero-order valence-electron chi connectivity index (χ0n) is 12.0. The molecule has 0 saturated carbocycles. The van der Waals surface area contributed by atoms with Gasteiger partial charge in [-0.05, 0) is 43.9 Å². The van der Waals surface area contributed by atoms with Crippen molar-refractivity contribution < 1.29 is 4.90 Å². The van der Waals surface area contributed by atoms with E-state index < -0.39 is 0 Å². The van der Waals surface area contributed by atoms with Crippen LogP contribution in [0.3, 0.4) is 0 Å². The van der Waals surface area contributed by atoms with Crippen LogP contribution in [0.15, 0.2) is 18.2 Å². The Bertz CT molecular complexity index is 322. The summed E-state index contributed by atoms with van der Waals surface area (Å²) in [6, 6.07) is 6.95. The topological polar surface area (TPSA) is 4.44 Å². The lowest BCUT2D eigenvalue weighted by atomic mass is 10.1. The van der Waals surface area contributed by atoms with E-state index >= 15 is 0 Å². The Balaban J connectivity index is 2.75. The molecule has 1 N–H and O–H groups in total. The average Bonchev–Trinajstić information content (AvgIpc) is 2.33. The molecule has 96 valence electrons. The summed E-state index contributed by atoms with van der Waals surface area (Å²) in [5, 5.41) is 0. The van der Waals surface area contributed by atoms with Crippen molar-refractivity contribution in [2.45, 2.75) is 53.4 Å². The summed E-state index contributed by atoms with van der Waals surface area (Å²) in [6.07, 6.45) is 5.24. The minimum Gasteiger partial charge on any atom is -0.302 e. The highest BCUT2D eigenvalue weighted by Crippen LogP contribution is 2.11. The van der Waals surface area contributed by atoms with E-state index in [0.717, 1.165) is 0 Å². The molecule has 1 aromatic carbocycles. The summed E-state index contributed by atoms with van der Waals surface area (Å²) in [4.78, 5) is 1.66. The van der Waals surface area contributed by atoms with Crippen molar-refractivity contribution in [1.29, 1.82) is 0 Å². The van der Waals surface area contributed by atoms with Crippen molar-refractivity contribution in [3.05, 3.63) is 29.3 Å². The van der Waals surface area contributed by atoms with Crippen LogP contribution in [0.5, 0.6) is 0 Å². The van der Waals surface area contributed by atoms with E-state index in [0.29, 0.717) is 0 Å². The van der Waals surface area contributed by atoms with Crippen LogP contribution in [0, 0.1) is 13.8 Å². The molecular weight excluding hydrogens is 206 g/mol. The molecule has 17 heavy (non-hydrogen) atoms. The van der Waals surface area contributed by atoms with Crippen LogP contribution >= 0.6 is 0 Å². The van der Waals surface area contributed by atoms with Crippen LogP contribution < -0.4 is 4.90 Å². The first kappa shape index (κ1) is 14.2. The fraction of sp³-hybridized carbons (Fsp3) is 0.625. The fourth-order valence-corrected chi connectivity index (χ4v) is 2.16. The van der Waals surface area contributed by atoms with Gasteiger partial charge in [-0.3, -0.25) is 0 Å². The number of unbranched alkanes of at least 4 members (excludes halogenated alkanes) is 2. The average molecular weight is 234 g/mol. The minimum atomic E-state index is 1.28. The summed E-state index contributed by atoms with van der Waals surface area (Å²) in [7, 11) is 0. The maximum atomic E-state index is 2.37. The first-order valence-corrected chi connectivity index (χ1v) is 7.11. The molecule has 1 heteroatoms. The molecule has 0 aromatic heterocycles. The molecule has 0 aliphatic rings. The van der Waals surface area contributed by atoms with Gasteiger partial charge in [-0.25, -0.2) is 0 Å². The third-order valence-corrected chi connectivity index (χ3v) is 3.58. The number of hydrogen-bond donors (Lipinski definition) is 1. The monoisotopic (exact) mass is 234 g/mol. The predicted molar refractivity (Wildman–Crippen MR) is 76.1 cm³/mol. The molecule has 0 amide bonds. The van der Waals surface area contributed by atoms with Crippen LogP contribution in [0.4, 0.5) is 5.69 Å². The SMILES string of the molecule is CCCC[NH+](CCCC)c1ccc(C)c(C)c1. The van der Waals surface area contributed by atoms with Gasteiger partial charge in [0, 0.05) is 6.07 Å². The summed E-state index contributed by atoms with van der Waals surface area (Å²) in [6.45, 7) is 11.5. The molecule has 0 bridgehead atoms. The molecule has 1 nitrogen and oxygen atoms in total. The van der Waals surface area contributed by atoms with E-state index in [9.17, 15) is 0 Å². The number of nitrogens with one attached hydrogen (secondary N) is 1. The third kappa shape index (κ3) is 4.51. The zero-order valence-corrected chi connectivity index (χ0v) is 12.0. The maximum absolute atomic E-state index is 2.37. The van der Waals surface area contributed by atoms with E-state index in [4.69, 9.17) is 0 Å². The first-order valence-electron chi connectivity index (χ1n) is 7.11. The Morgan fingerprint density at radius 1 is 0.882 bits per heavy atom. The molecule has 1 rings (SSSR count). The summed E-state index contributed by atoms with van der Waals surface area (Å²) >= 11 is 0. The second-order valence-electron chi connectivity index (χ2n) is 5.11. The third-order valence-electron chi connectivity index (χ3n) is 3.58. The van der Waals surface area contributed by atoms with E-state index in [1.54, 1.807) is 4.90 Å². The quantitative estimate of drug-likeness (QED) is 0.737. The Morgan fingerprint density at radius 2 is 1.47 bits per heavy atom. The van der Waals surface area contributed by atoms with E-state index in [1.807, 2.05) is 0 Å². The van der Waals surface area contributed by atoms with Gasteiger partial charge in [0.25, 0.3) is 0 Å². The molecule has 0 saturated heterocycles. The lowest BCUT2D eigenvalue weighted by molar-refractivity contribution is -0.833. The highest BCUT2D eigenvalue weighted by Gasteiger charge is 2.11. The molecule has 0 aliphatic carbocycles. The Labute approximate surface area is 107 Å². The molecule has 1 aromatic rings. The van der Waals surface area contributed by atoms with Gasteiger partial charge in [0.2, 0.25) is 0 Å². The lowest BCUT2D eigenvalue weighted by Crippen LogP contribution is -3.07. The van der Waals surface area contributed by atoms with Crippen molar-refractivity contribution in [2.75, 3.05) is 13.1 Å². The van der Waals surface area contributed by atoms with Gasteiger partial charge in [0.1, 0.15) is 5.69 Å². The Hall–Kier alpha value is -0.820. The van der Waals surface area contributed by atoms with Gasteiger partial charge in [0.05, 0.1) is 13.1 Å². The van der Waals surface area contributed by atoms with Gasteiger partial charge < -0.3 is 4.90 Å². The van der Waals surface area contributed by atoms with Gasteiger partial charge in [-0.15, -0.1) is 0 Å². The molecular formula is C16H28N+. The molecule has 0 fully saturated rings. The number of aryl methyl sites for hydroxylation is 2. The number of hydrogen-bond acceptors (Lipinski definition) is 0. The van der Waals surface area contributed by atoms with Crippen molar-refractivity contribution in [2.24, 2.45) is 0 Å². The number of benzene rings is 1. The van der Waals surface area contributed by atoms with Crippen LogP contribution in [-0.2, 0) is 0 Å². The Kier molecular flexibility index (Phi) is 6.28. The second kappa shape index (κ2) is 7.50. The smallest absolute Gasteiger partial charge is 0.131 e. The van der Waals surface area contributed by atoms with Crippen LogP contribution in [0.1, 0.15) is 50.7 Å². The molecule has 0 radical (unpaired) electrons. The van der Waals surface area contributed by atoms with Crippen LogP contribution in [0.25, 0.3) is 0 Å². The van der Waals surface area contributed by atoms with Crippen molar-refractivity contribution in [3.63, 3.8) is 0 Å². The van der Waals surface area contributed by atoms with E-state index in [1.165, 1.54) is 55.6 Å². The van der Waals surface area contributed by atoms with Crippen molar-refractivity contribution >= 4 is 5.69 Å². The maximum Gasteiger partial charge on any atom is 0.131 e. The largest absolute Gasteiger partial charge is 0.302 e. The minimum absolute atomic E-state index is 1.28. The van der Waals surface area contributed by atoms with Gasteiger partial charge >= 0.3 is 0 Å². The van der Waals surface area contributed by atoms with Crippen LogP contribution in [-0.4, -0.2) is 13.1 Å². The van der Waals surface area contributed by atoms with Gasteiger partial charge in [0.15, 0.2) is 0 Å². The Morgan fingerprint density at radius 3 is 1.94 bits per heavy atom. The normalized spacial score (nSPS) is 11.1. The van der Waals surface area contributed by atoms with E-state index in [2.05, 4.69) is 45.9 Å². The highest BCUT2D eigenvalue weighted by atomic mass is 15.1. The van der Waals surface area contributed by atoms with Crippen LogP contribution in [0.2, 0.25) is 0 Å². The molecule has 0 unspecified atom stereocenters. The van der Waals surface area contributed by atoms with Crippen molar-refractivity contribution in [3.8, 4) is 0 Å². The number of quaternary nitrogens is 1. The van der Waals surface area contributed by atoms with E-state index in [-0.39, 0.29) is 0 Å². The zero-order chi connectivity index (χ0) is 12.7. The standard InChI is InChI=1S/C16H27N/c1-5-7-11-17(12-8-6-2)16-10-9-14(3)15(4)13-16/h9-10,13H,5-8,11-12H2,1-4H3/p+1. The highest BCUT2D eigenvalue weighted by molar-refractivity contribution is 5.38. The molecule has 0 atom stereocenters. The summed E-state index contributed by atoms with van der Waals surface area (Å²) in [5.74, 6) is 0.